The Morgan fingerprint density at radius 1 is 1.27 bits per heavy atom. The van der Waals surface area contributed by atoms with Crippen LogP contribution in [0.4, 0.5) is 5.69 Å². The van der Waals surface area contributed by atoms with Crippen LogP contribution in [0.15, 0.2) is 36.9 Å². The molecule has 1 atom stereocenters. The van der Waals surface area contributed by atoms with Gasteiger partial charge in [0.05, 0.1) is 11.5 Å². The zero-order valence-corrected chi connectivity index (χ0v) is 12.9. The quantitative estimate of drug-likeness (QED) is 0.790. The molecule has 0 radical (unpaired) electrons. The fraction of sp³-hybridized carbons (Fsp3) is 0.333. The molecule has 0 saturated carbocycles. The molecule has 1 aliphatic heterocycles. The first-order valence-corrected chi connectivity index (χ1v) is 8.74. The van der Waals surface area contributed by atoms with Gasteiger partial charge in [-0.2, -0.15) is 0 Å². The van der Waals surface area contributed by atoms with E-state index in [0.717, 1.165) is 6.08 Å². The number of rotatable bonds is 5. The number of nitrogens with one attached hydrogen (secondary N) is 2. The SMILES string of the molecule is C=CC(=O)Nc1ccc(C(=O)NCC2CCS(=O)(=O)C2)cc1. The molecular weight excluding hydrogens is 304 g/mol. The van der Waals surface area contributed by atoms with Crippen molar-refractivity contribution in [3.05, 3.63) is 42.5 Å². The van der Waals surface area contributed by atoms with Gasteiger partial charge in [0.25, 0.3) is 5.91 Å². The molecule has 6 nitrogen and oxygen atoms in total. The van der Waals surface area contributed by atoms with Gasteiger partial charge in [0.2, 0.25) is 5.91 Å². The molecule has 2 rings (SSSR count). The number of anilines is 1. The summed E-state index contributed by atoms with van der Waals surface area (Å²) in [5, 5.41) is 5.33. The van der Waals surface area contributed by atoms with Gasteiger partial charge < -0.3 is 10.6 Å². The van der Waals surface area contributed by atoms with Crippen molar-refractivity contribution in [3.63, 3.8) is 0 Å². The lowest BCUT2D eigenvalue weighted by Gasteiger charge is -2.10. The Hall–Kier alpha value is -2.15. The molecule has 2 amide bonds. The van der Waals surface area contributed by atoms with Crippen LogP contribution in [0.3, 0.4) is 0 Å². The maximum Gasteiger partial charge on any atom is 0.251 e. The average Bonchev–Trinajstić information content (AvgIpc) is 2.84. The Bertz CT molecular complexity index is 680. The monoisotopic (exact) mass is 322 g/mol. The predicted molar refractivity (Wildman–Crippen MR) is 84.4 cm³/mol. The van der Waals surface area contributed by atoms with Crippen molar-refractivity contribution in [1.82, 2.24) is 5.32 Å². The van der Waals surface area contributed by atoms with Crippen molar-refractivity contribution in [1.29, 1.82) is 0 Å². The molecule has 2 N–H and O–H groups in total. The van der Waals surface area contributed by atoms with Gasteiger partial charge in [0.15, 0.2) is 9.84 Å². The third-order valence-corrected chi connectivity index (χ3v) is 5.32. The first-order chi connectivity index (χ1) is 10.4. The van der Waals surface area contributed by atoms with Gasteiger partial charge in [-0.15, -0.1) is 0 Å². The van der Waals surface area contributed by atoms with Crippen LogP contribution in [-0.2, 0) is 14.6 Å². The highest BCUT2D eigenvalue weighted by atomic mass is 32.2. The highest BCUT2D eigenvalue weighted by molar-refractivity contribution is 7.91. The minimum Gasteiger partial charge on any atom is -0.352 e. The summed E-state index contributed by atoms with van der Waals surface area (Å²) in [5.41, 5.74) is 1.03. The summed E-state index contributed by atoms with van der Waals surface area (Å²) in [6.07, 6.45) is 1.76. The van der Waals surface area contributed by atoms with Crippen LogP contribution >= 0.6 is 0 Å². The number of carbonyl (C=O) groups is 2. The highest BCUT2D eigenvalue weighted by Crippen LogP contribution is 2.17. The van der Waals surface area contributed by atoms with Gasteiger partial charge in [-0.1, -0.05) is 6.58 Å². The third kappa shape index (κ3) is 4.42. The van der Waals surface area contributed by atoms with Crippen molar-refractivity contribution in [2.24, 2.45) is 5.92 Å². The summed E-state index contributed by atoms with van der Waals surface area (Å²) >= 11 is 0. The third-order valence-electron chi connectivity index (χ3n) is 3.48. The van der Waals surface area contributed by atoms with E-state index in [9.17, 15) is 18.0 Å². The lowest BCUT2D eigenvalue weighted by atomic mass is 10.1. The highest BCUT2D eigenvalue weighted by Gasteiger charge is 2.27. The van der Waals surface area contributed by atoms with E-state index in [1.807, 2.05) is 0 Å². The van der Waals surface area contributed by atoms with Crippen LogP contribution in [0.5, 0.6) is 0 Å². The van der Waals surface area contributed by atoms with Gasteiger partial charge in [-0.3, -0.25) is 9.59 Å². The summed E-state index contributed by atoms with van der Waals surface area (Å²) in [6, 6.07) is 6.44. The van der Waals surface area contributed by atoms with Gasteiger partial charge in [-0.05, 0) is 42.7 Å². The fourth-order valence-corrected chi connectivity index (χ4v) is 4.13. The Kier molecular flexibility index (Phi) is 4.97. The normalized spacial score (nSPS) is 19.4. The van der Waals surface area contributed by atoms with E-state index in [2.05, 4.69) is 17.2 Å². The topological polar surface area (TPSA) is 92.3 Å². The zero-order valence-electron chi connectivity index (χ0n) is 12.0. The van der Waals surface area contributed by atoms with Gasteiger partial charge in [0.1, 0.15) is 0 Å². The molecule has 1 fully saturated rings. The molecule has 7 heteroatoms. The van der Waals surface area contributed by atoms with Gasteiger partial charge in [0, 0.05) is 17.8 Å². The summed E-state index contributed by atoms with van der Waals surface area (Å²) in [5.74, 6) is -0.254. The molecule has 0 bridgehead atoms. The molecule has 22 heavy (non-hydrogen) atoms. The molecular formula is C15H18N2O4S. The second-order valence-electron chi connectivity index (χ2n) is 5.25. The Labute approximate surface area is 129 Å². The second-order valence-corrected chi connectivity index (χ2v) is 7.48. The molecule has 0 aliphatic carbocycles. The summed E-state index contributed by atoms with van der Waals surface area (Å²) in [4.78, 5) is 23.1. The van der Waals surface area contributed by atoms with E-state index in [1.54, 1.807) is 24.3 Å². The number of hydrogen-bond acceptors (Lipinski definition) is 4. The van der Waals surface area contributed by atoms with E-state index < -0.39 is 9.84 Å². The van der Waals surface area contributed by atoms with Gasteiger partial charge in [-0.25, -0.2) is 8.42 Å². The van der Waals surface area contributed by atoms with Crippen molar-refractivity contribution >= 4 is 27.3 Å². The van der Waals surface area contributed by atoms with Crippen LogP contribution in [0.25, 0.3) is 0 Å². The van der Waals surface area contributed by atoms with Crippen molar-refractivity contribution in [2.45, 2.75) is 6.42 Å². The van der Waals surface area contributed by atoms with E-state index in [4.69, 9.17) is 0 Å². The van der Waals surface area contributed by atoms with E-state index in [0.29, 0.717) is 24.2 Å². The minimum absolute atomic E-state index is 0.0138. The zero-order chi connectivity index (χ0) is 16.2. The smallest absolute Gasteiger partial charge is 0.251 e. The molecule has 1 aromatic carbocycles. The largest absolute Gasteiger partial charge is 0.352 e. The number of benzene rings is 1. The summed E-state index contributed by atoms with van der Waals surface area (Å²) in [7, 11) is -2.93. The Morgan fingerprint density at radius 2 is 1.95 bits per heavy atom. The van der Waals surface area contributed by atoms with Crippen LogP contribution < -0.4 is 10.6 Å². The Balaban J connectivity index is 1.87. The van der Waals surface area contributed by atoms with Gasteiger partial charge >= 0.3 is 0 Å². The molecule has 1 unspecified atom stereocenters. The molecule has 1 heterocycles. The van der Waals surface area contributed by atoms with Crippen molar-refractivity contribution in [2.75, 3.05) is 23.4 Å². The van der Waals surface area contributed by atoms with Crippen LogP contribution in [-0.4, -0.2) is 38.3 Å². The Morgan fingerprint density at radius 3 is 2.50 bits per heavy atom. The molecule has 118 valence electrons. The number of amides is 2. The minimum atomic E-state index is -2.93. The van der Waals surface area contributed by atoms with Crippen molar-refractivity contribution in [3.8, 4) is 0 Å². The lowest BCUT2D eigenvalue weighted by Crippen LogP contribution is -2.29. The van der Waals surface area contributed by atoms with Crippen LogP contribution in [0.2, 0.25) is 0 Å². The van der Waals surface area contributed by atoms with Crippen LogP contribution in [0.1, 0.15) is 16.8 Å². The van der Waals surface area contributed by atoms with E-state index in [1.165, 1.54) is 0 Å². The summed E-state index contributed by atoms with van der Waals surface area (Å²) < 4.78 is 22.7. The average molecular weight is 322 g/mol. The number of hydrogen-bond donors (Lipinski definition) is 2. The van der Waals surface area contributed by atoms with E-state index >= 15 is 0 Å². The first-order valence-electron chi connectivity index (χ1n) is 6.92. The standard InChI is InChI=1S/C15H18N2O4S/c1-2-14(18)17-13-5-3-12(4-6-13)15(19)16-9-11-7-8-22(20,21)10-11/h2-6,11H,1,7-10H2,(H,16,19)(H,17,18). The maximum atomic E-state index is 12.0. The lowest BCUT2D eigenvalue weighted by molar-refractivity contribution is -0.111. The van der Waals surface area contributed by atoms with Crippen LogP contribution in [0, 0.1) is 5.92 Å². The molecule has 0 spiro atoms. The summed E-state index contributed by atoms with van der Waals surface area (Å²) in [6.45, 7) is 3.71. The molecule has 1 saturated heterocycles. The first kappa shape index (κ1) is 16.2. The molecule has 1 aliphatic rings. The fourth-order valence-electron chi connectivity index (χ4n) is 2.27. The number of sulfone groups is 1. The van der Waals surface area contributed by atoms with E-state index in [-0.39, 0.29) is 29.2 Å². The predicted octanol–water partition coefficient (Wildman–Crippen LogP) is 0.976. The number of carbonyl (C=O) groups excluding carboxylic acids is 2. The second kappa shape index (κ2) is 6.74. The molecule has 1 aromatic rings. The maximum absolute atomic E-state index is 12.0. The van der Waals surface area contributed by atoms with Crippen molar-refractivity contribution < 1.29 is 18.0 Å². The molecule has 0 aromatic heterocycles.